The fourth-order valence-corrected chi connectivity index (χ4v) is 1.97. The van der Waals surface area contributed by atoms with Crippen molar-refractivity contribution >= 4 is 10.0 Å². The van der Waals surface area contributed by atoms with Gasteiger partial charge in [-0.2, -0.15) is 0 Å². The molecule has 0 atom stereocenters. The summed E-state index contributed by atoms with van der Waals surface area (Å²) in [7, 11) is -3.07. The van der Waals surface area contributed by atoms with Gasteiger partial charge in [-0.15, -0.1) is 0 Å². The molecule has 0 amide bonds. The third-order valence-electron chi connectivity index (χ3n) is 2.26. The van der Waals surface area contributed by atoms with Crippen molar-refractivity contribution in [2.45, 2.75) is 20.3 Å². The standard InChI is InChI=1S/C11H17NO2S/c1-9-4-5-11(10(2)8-9)6-7-12-15(3,13)14/h4-5,8,12H,6-7H2,1-3H3. The minimum Gasteiger partial charge on any atom is -0.215 e. The molecule has 15 heavy (non-hydrogen) atoms. The highest BCUT2D eigenvalue weighted by Gasteiger charge is 2.02. The zero-order valence-corrected chi connectivity index (χ0v) is 10.2. The van der Waals surface area contributed by atoms with Crippen LogP contribution in [0.5, 0.6) is 0 Å². The summed E-state index contributed by atoms with van der Waals surface area (Å²) in [5, 5.41) is 0. The molecular weight excluding hydrogens is 210 g/mol. The topological polar surface area (TPSA) is 46.2 Å². The monoisotopic (exact) mass is 227 g/mol. The number of benzene rings is 1. The smallest absolute Gasteiger partial charge is 0.208 e. The summed E-state index contributed by atoms with van der Waals surface area (Å²) in [5.74, 6) is 0. The normalized spacial score (nSPS) is 11.7. The second-order valence-corrected chi connectivity index (χ2v) is 5.68. The van der Waals surface area contributed by atoms with Crippen LogP contribution in [0.2, 0.25) is 0 Å². The van der Waals surface area contributed by atoms with Gasteiger partial charge in [-0.25, -0.2) is 13.1 Å². The molecule has 0 spiro atoms. The Morgan fingerprint density at radius 3 is 2.47 bits per heavy atom. The number of aryl methyl sites for hydroxylation is 2. The van der Waals surface area contributed by atoms with Gasteiger partial charge in [-0.3, -0.25) is 0 Å². The second kappa shape index (κ2) is 4.77. The molecule has 1 rings (SSSR count). The molecule has 84 valence electrons. The van der Waals surface area contributed by atoms with Crippen LogP contribution < -0.4 is 4.72 Å². The van der Waals surface area contributed by atoms with Gasteiger partial charge in [-0.05, 0) is 31.4 Å². The van der Waals surface area contributed by atoms with Crippen molar-refractivity contribution in [3.8, 4) is 0 Å². The lowest BCUT2D eigenvalue weighted by molar-refractivity contribution is 0.588. The lowest BCUT2D eigenvalue weighted by Gasteiger charge is -2.07. The van der Waals surface area contributed by atoms with E-state index < -0.39 is 10.0 Å². The highest BCUT2D eigenvalue weighted by molar-refractivity contribution is 7.88. The highest BCUT2D eigenvalue weighted by atomic mass is 32.2. The maximum absolute atomic E-state index is 10.8. The average molecular weight is 227 g/mol. The van der Waals surface area contributed by atoms with Crippen LogP contribution in [0, 0.1) is 13.8 Å². The number of hydrogen-bond acceptors (Lipinski definition) is 2. The number of nitrogens with one attached hydrogen (secondary N) is 1. The molecule has 0 saturated carbocycles. The van der Waals surface area contributed by atoms with Crippen LogP contribution in [-0.2, 0) is 16.4 Å². The molecule has 0 unspecified atom stereocenters. The molecule has 0 aromatic heterocycles. The van der Waals surface area contributed by atoms with Crippen molar-refractivity contribution in [1.29, 1.82) is 0 Å². The van der Waals surface area contributed by atoms with Crippen LogP contribution in [0.25, 0.3) is 0 Å². The first kappa shape index (κ1) is 12.2. The van der Waals surface area contributed by atoms with Crippen molar-refractivity contribution in [3.63, 3.8) is 0 Å². The molecule has 4 heteroatoms. The van der Waals surface area contributed by atoms with E-state index >= 15 is 0 Å². The van der Waals surface area contributed by atoms with Crippen molar-refractivity contribution < 1.29 is 8.42 Å². The third-order valence-corrected chi connectivity index (χ3v) is 2.99. The summed E-state index contributed by atoms with van der Waals surface area (Å²) >= 11 is 0. The molecule has 0 aliphatic heterocycles. The molecule has 0 bridgehead atoms. The predicted octanol–water partition coefficient (Wildman–Crippen LogP) is 1.40. The van der Waals surface area contributed by atoms with Gasteiger partial charge in [0.15, 0.2) is 0 Å². The maximum atomic E-state index is 10.8. The molecule has 1 aromatic carbocycles. The van der Waals surface area contributed by atoms with Gasteiger partial charge in [0.2, 0.25) is 10.0 Å². The first-order chi connectivity index (χ1) is 6.88. The first-order valence-corrected chi connectivity index (χ1v) is 6.78. The summed E-state index contributed by atoms with van der Waals surface area (Å²) in [5.41, 5.74) is 3.63. The summed E-state index contributed by atoms with van der Waals surface area (Å²) in [6, 6.07) is 6.20. The predicted molar refractivity (Wildman–Crippen MR) is 62.5 cm³/mol. The molecule has 3 nitrogen and oxygen atoms in total. The lowest BCUT2D eigenvalue weighted by Crippen LogP contribution is -2.24. The largest absolute Gasteiger partial charge is 0.215 e. The van der Waals surface area contributed by atoms with Crippen LogP contribution in [0.4, 0.5) is 0 Å². The molecule has 1 N–H and O–H groups in total. The number of sulfonamides is 1. The molecule has 0 saturated heterocycles. The second-order valence-electron chi connectivity index (χ2n) is 3.85. The van der Waals surface area contributed by atoms with Gasteiger partial charge in [-0.1, -0.05) is 23.8 Å². The zero-order valence-electron chi connectivity index (χ0n) is 9.37. The summed E-state index contributed by atoms with van der Waals surface area (Å²) < 4.78 is 24.2. The van der Waals surface area contributed by atoms with Crippen LogP contribution in [0.15, 0.2) is 18.2 Å². The van der Waals surface area contributed by atoms with Crippen molar-refractivity contribution in [1.82, 2.24) is 4.72 Å². The quantitative estimate of drug-likeness (QED) is 0.845. The lowest BCUT2D eigenvalue weighted by atomic mass is 10.0. The Kier molecular flexibility index (Phi) is 3.88. The summed E-state index contributed by atoms with van der Waals surface area (Å²) in [6.45, 7) is 4.55. The van der Waals surface area contributed by atoms with Gasteiger partial charge in [0, 0.05) is 6.54 Å². The Bertz CT molecular complexity index is 438. The molecule has 0 aliphatic rings. The van der Waals surface area contributed by atoms with Crippen molar-refractivity contribution in [2.75, 3.05) is 12.8 Å². The number of rotatable bonds is 4. The first-order valence-electron chi connectivity index (χ1n) is 4.89. The third kappa shape index (κ3) is 4.44. The van der Waals surface area contributed by atoms with Gasteiger partial charge in [0.05, 0.1) is 6.26 Å². The van der Waals surface area contributed by atoms with E-state index in [9.17, 15) is 8.42 Å². The fraction of sp³-hybridized carbons (Fsp3) is 0.455. The minimum absolute atomic E-state index is 0.461. The van der Waals surface area contributed by atoms with E-state index in [1.807, 2.05) is 19.9 Å². The molecule has 0 radical (unpaired) electrons. The van der Waals surface area contributed by atoms with Crippen molar-refractivity contribution in [2.24, 2.45) is 0 Å². The van der Waals surface area contributed by atoms with Crippen LogP contribution >= 0.6 is 0 Å². The maximum Gasteiger partial charge on any atom is 0.208 e. The summed E-state index contributed by atoms with van der Waals surface area (Å²) in [4.78, 5) is 0. The molecule has 1 aromatic rings. The van der Waals surface area contributed by atoms with E-state index in [0.29, 0.717) is 6.54 Å². The van der Waals surface area contributed by atoms with E-state index in [1.165, 1.54) is 22.9 Å². The molecule has 0 aliphatic carbocycles. The Hall–Kier alpha value is -0.870. The van der Waals surface area contributed by atoms with E-state index in [1.54, 1.807) is 0 Å². The fourth-order valence-electron chi connectivity index (χ4n) is 1.50. The van der Waals surface area contributed by atoms with Gasteiger partial charge in [0.1, 0.15) is 0 Å². The van der Waals surface area contributed by atoms with Gasteiger partial charge < -0.3 is 0 Å². The van der Waals surface area contributed by atoms with E-state index in [4.69, 9.17) is 0 Å². The highest BCUT2D eigenvalue weighted by Crippen LogP contribution is 2.10. The summed E-state index contributed by atoms with van der Waals surface area (Å²) in [6.07, 6.45) is 1.91. The van der Waals surface area contributed by atoms with Crippen LogP contribution in [-0.4, -0.2) is 21.2 Å². The Labute approximate surface area is 91.6 Å². The Morgan fingerprint density at radius 1 is 1.27 bits per heavy atom. The van der Waals surface area contributed by atoms with E-state index in [-0.39, 0.29) is 0 Å². The Morgan fingerprint density at radius 2 is 1.93 bits per heavy atom. The van der Waals surface area contributed by atoms with Gasteiger partial charge in [0.25, 0.3) is 0 Å². The average Bonchev–Trinajstić information content (AvgIpc) is 2.07. The zero-order chi connectivity index (χ0) is 11.5. The Balaban J connectivity index is 2.59. The van der Waals surface area contributed by atoms with E-state index in [2.05, 4.69) is 16.9 Å². The SMILES string of the molecule is Cc1ccc(CCNS(C)(=O)=O)c(C)c1. The molecule has 0 heterocycles. The van der Waals surface area contributed by atoms with Crippen molar-refractivity contribution in [3.05, 3.63) is 34.9 Å². The van der Waals surface area contributed by atoms with E-state index in [0.717, 1.165) is 6.42 Å². The van der Waals surface area contributed by atoms with Crippen LogP contribution in [0.3, 0.4) is 0 Å². The van der Waals surface area contributed by atoms with Crippen LogP contribution in [0.1, 0.15) is 16.7 Å². The number of hydrogen-bond donors (Lipinski definition) is 1. The van der Waals surface area contributed by atoms with Gasteiger partial charge >= 0.3 is 0 Å². The molecular formula is C11H17NO2S. The minimum atomic E-state index is -3.07. The molecule has 0 fully saturated rings.